The zero-order valence-electron chi connectivity index (χ0n) is 11.5. The Morgan fingerprint density at radius 2 is 2.17 bits per heavy atom. The third-order valence-corrected chi connectivity index (χ3v) is 3.60. The van der Waals surface area contributed by atoms with Crippen molar-refractivity contribution in [3.8, 4) is 0 Å². The Hall–Kier alpha value is -1.06. The number of nitrogens with zero attached hydrogens (tertiary/aromatic N) is 1. The Labute approximate surface area is 110 Å². The number of rotatable bonds is 7. The normalized spacial score (nSPS) is 15.3. The summed E-state index contributed by atoms with van der Waals surface area (Å²) in [5.74, 6) is 0.853. The molecule has 0 bridgehead atoms. The average Bonchev–Trinajstić information content (AvgIpc) is 3.15. The van der Waals surface area contributed by atoms with E-state index < -0.39 is 0 Å². The molecule has 2 rings (SSSR count). The second-order valence-corrected chi connectivity index (χ2v) is 5.39. The van der Waals surface area contributed by atoms with Gasteiger partial charge in [-0.2, -0.15) is 0 Å². The Morgan fingerprint density at radius 3 is 2.89 bits per heavy atom. The lowest BCUT2D eigenvalue weighted by Crippen LogP contribution is -2.23. The topological polar surface area (TPSA) is 38.5 Å². The van der Waals surface area contributed by atoms with Gasteiger partial charge in [0.15, 0.2) is 0 Å². The minimum atomic E-state index is 0.828. The van der Waals surface area contributed by atoms with Gasteiger partial charge in [-0.05, 0) is 49.9 Å². The summed E-state index contributed by atoms with van der Waals surface area (Å²) in [6.07, 6.45) is 2.72. The van der Waals surface area contributed by atoms with Crippen molar-refractivity contribution in [2.45, 2.75) is 26.3 Å². The molecule has 18 heavy (non-hydrogen) atoms. The van der Waals surface area contributed by atoms with Crippen molar-refractivity contribution < 1.29 is 4.74 Å². The number of benzene rings is 1. The predicted octanol–water partition coefficient (Wildman–Crippen LogP) is 2.44. The fourth-order valence-electron chi connectivity index (χ4n) is 2.00. The van der Waals surface area contributed by atoms with Crippen molar-refractivity contribution in [1.82, 2.24) is 4.90 Å². The van der Waals surface area contributed by atoms with E-state index >= 15 is 0 Å². The van der Waals surface area contributed by atoms with Crippen LogP contribution in [0.15, 0.2) is 18.2 Å². The monoisotopic (exact) mass is 248 g/mol. The number of hydrogen-bond acceptors (Lipinski definition) is 3. The van der Waals surface area contributed by atoms with E-state index in [1.807, 2.05) is 12.1 Å². The number of nitrogen functional groups attached to an aromatic ring is 1. The molecule has 0 atom stereocenters. The second kappa shape index (κ2) is 6.21. The molecule has 0 unspecified atom stereocenters. The summed E-state index contributed by atoms with van der Waals surface area (Å²) < 4.78 is 5.65. The summed E-state index contributed by atoms with van der Waals surface area (Å²) in [6.45, 7) is 5.77. The lowest BCUT2D eigenvalue weighted by Gasteiger charge is -2.18. The van der Waals surface area contributed by atoms with Crippen LogP contribution in [0.1, 0.15) is 24.0 Å². The molecule has 0 aromatic heterocycles. The molecule has 0 amide bonds. The first-order valence-corrected chi connectivity index (χ1v) is 6.77. The molecule has 1 aromatic rings. The van der Waals surface area contributed by atoms with E-state index in [-0.39, 0.29) is 0 Å². The maximum absolute atomic E-state index is 5.92. The van der Waals surface area contributed by atoms with E-state index in [9.17, 15) is 0 Å². The summed E-state index contributed by atoms with van der Waals surface area (Å²) in [7, 11) is 2.13. The molecule has 3 heteroatoms. The van der Waals surface area contributed by atoms with Crippen LogP contribution < -0.4 is 5.73 Å². The van der Waals surface area contributed by atoms with Crippen LogP contribution in [0.5, 0.6) is 0 Å². The first-order chi connectivity index (χ1) is 8.66. The molecule has 1 fully saturated rings. The van der Waals surface area contributed by atoms with Crippen LogP contribution in [0.3, 0.4) is 0 Å². The molecule has 1 saturated carbocycles. The minimum Gasteiger partial charge on any atom is -0.399 e. The van der Waals surface area contributed by atoms with Crippen LogP contribution >= 0.6 is 0 Å². The maximum atomic E-state index is 5.92. The van der Waals surface area contributed by atoms with Gasteiger partial charge in [0.25, 0.3) is 0 Å². The first kappa shape index (κ1) is 13.4. The van der Waals surface area contributed by atoms with Gasteiger partial charge in [0.1, 0.15) is 0 Å². The Bertz CT molecular complexity index is 388. The highest BCUT2D eigenvalue weighted by atomic mass is 16.5. The molecule has 0 spiro atoms. The fourth-order valence-corrected chi connectivity index (χ4v) is 2.00. The lowest BCUT2D eigenvalue weighted by atomic mass is 10.1. The minimum absolute atomic E-state index is 0.828. The summed E-state index contributed by atoms with van der Waals surface area (Å²) in [4.78, 5) is 2.29. The van der Waals surface area contributed by atoms with Crippen LogP contribution in [0.2, 0.25) is 0 Å². The Balaban J connectivity index is 1.71. The summed E-state index contributed by atoms with van der Waals surface area (Å²) in [6, 6.07) is 6.12. The highest BCUT2D eigenvalue weighted by molar-refractivity contribution is 5.49. The van der Waals surface area contributed by atoms with Crippen molar-refractivity contribution in [3.05, 3.63) is 29.3 Å². The van der Waals surface area contributed by atoms with Gasteiger partial charge in [0, 0.05) is 25.4 Å². The molecule has 2 N–H and O–H groups in total. The van der Waals surface area contributed by atoms with Crippen LogP contribution in [-0.2, 0) is 11.3 Å². The number of nitrogens with two attached hydrogens (primary N) is 1. The zero-order chi connectivity index (χ0) is 13.0. The van der Waals surface area contributed by atoms with E-state index in [1.165, 1.54) is 24.0 Å². The molecule has 0 heterocycles. The average molecular weight is 248 g/mol. The molecule has 100 valence electrons. The third-order valence-electron chi connectivity index (χ3n) is 3.60. The molecule has 3 nitrogen and oxygen atoms in total. The molecular formula is C15H24N2O. The van der Waals surface area contributed by atoms with Crippen LogP contribution in [-0.4, -0.2) is 31.7 Å². The van der Waals surface area contributed by atoms with E-state index in [2.05, 4.69) is 24.9 Å². The lowest BCUT2D eigenvalue weighted by molar-refractivity contribution is 0.102. The zero-order valence-corrected chi connectivity index (χ0v) is 11.5. The maximum Gasteiger partial charge on any atom is 0.0593 e. The molecular weight excluding hydrogens is 224 g/mol. The molecule has 1 aliphatic carbocycles. The van der Waals surface area contributed by atoms with E-state index in [4.69, 9.17) is 10.5 Å². The smallest absolute Gasteiger partial charge is 0.0593 e. The van der Waals surface area contributed by atoms with Gasteiger partial charge in [0.2, 0.25) is 0 Å². The first-order valence-electron chi connectivity index (χ1n) is 6.77. The van der Waals surface area contributed by atoms with Gasteiger partial charge in [-0.1, -0.05) is 12.1 Å². The number of likely N-dealkylation sites (N-methyl/N-ethyl adjacent to an activating group) is 1. The van der Waals surface area contributed by atoms with Crippen molar-refractivity contribution in [1.29, 1.82) is 0 Å². The van der Waals surface area contributed by atoms with Crippen LogP contribution in [0, 0.1) is 12.8 Å². The van der Waals surface area contributed by atoms with Gasteiger partial charge < -0.3 is 10.5 Å². The summed E-state index contributed by atoms with van der Waals surface area (Å²) in [5.41, 5.74) is 9.30. The van der Waals surface area contributed by atoms with Crippen molar-refractivity contribution in [2.75, 3.05) is 32.5 Å². The van der Waals surface area contributed by atoms with Gasteiger partial charge in [-0.15, -0.1) is 0 Å². The number of ether oxygens (including phenoxy) is 1. The van der Waals surface area contributed by atoms with Crippen LogP contribution in [0.4, 0.5) is 5.69 Å². The van der Waals surface area contributed by atoms with Crippen molar-refractivity contribution in [3.63, 3.8) is 0 Å². The number of hydrogen-bond donors (Lipinski definition) is 1. The van der Waals surface area contributed by atoms with Gasteiger partial charge >= 0.3 is 0 Å². The largest absolute Gasteiger partial charge is 0.399 e. The van der Waals surface area contributed by atoms with Crippen molar-refractivity contribution >= 4 is 5.69 Å². The summed E-state index contributed by atoms with van der Waals surface area (Å²) >= 11 is 0. The fraction of sp³-hybridized carbons (Fsp3) is 0.600. The van der Waals surface area contributed by atoms with E-state index in [0.717, 1.165) is 37.9 Å². The van der Waals surface area contributed by atoms with Crippen molar-refractivity contribution in [2.24, 2.45) is 5.92 Å². The predicted molar refractivity (Wildman–Crippen MR) is 75.5 cm³/mol. The quantitative estimate of drug-likeness (QED) is 0.595. The highest BCUT2D eigenvalue weighted by Gasteiger charge is 2.20. The standard InChI is InChI=1S/C15H24N2O/c1-12-14(4-3-5-15(12)16)10-17(2)8-9-18-11-13-6-7-13/h3-5,13H,6-11,16H2,1-2H3. The highest BCUT2D eigenvalue weighted by Crippen LogP contribution is 2.28. The molecule has 1 aliphatic rings. The van der Waals surface area contributed by atoms with E-state index in [0.29, 0.717) is 0 Å². The summed E-state index contributed by atoms with van der Waals surface area (Å²) in [5, 5.41) is 0. The van der Waals surface area contributed by atoms with Gasteiger partial charge in [0.05, 0.1) is 6.61 Å². The second-order valence-electron chi connectivity index (χ2n) is 5.39. The van der Waals surface area contributed by atoms with Gasteiger partial charge in [-0.3, -0.25) is 4.90 Å². The number of anilines is 1. The Morgan fingerprint density at radius 1 is 1.39 bits per heavy atom. The SMILES string of the molecule is Cc1c(N)cccc1CN(C)CCOCC1CC1. The molecule has 0 radical (unpaired) electrons. The third kappa shape index (κ3) is 4.00. The van der Waals surface area contributed by atoms with Gasteiger partial charge in [-0.25, -0.2) is 0 Å². The Kier molecular flexibility index (Phi) is 4.61. The van der Waals surface area contributed by atoms with Crippen LogP contribution in [0.25, 0.3) is 0 Å². The van der Waals surface area contributed by atoms with E-state index in [1.54, 1.807) is 0 Å². The molecule has 1 aromatic carbocycles. The molecule has 0 aliphatic heterocycles. The molecule has 0 saturated heterocycles.